The molecule has 0 bridgehead atoms. The van der Waals surface area contributed by atoms with Gasteiger partial charge in [-0.1, -0.05) is 42.0 Å². The fourth-order valence-corrected chi connectivity index (χ4v) is 3.08. The van der Waals surface area contributed by atoms with Crippen molar-refractivity contribution in [1.82, 2.24) is 4.90 Å². The summed E-state index contributed by atoms with van der Waals surface area (Å²) in [4.78, 5) is 16.3. The van der Waals surface area contributed by atoms with E-state index in [1.807, 2.05) is 11.9 Å². The second-order valence-corrected chi connectivity index (χ2v) is 6.15. The van der Waals surface area contributed by atoms with Gasteiger partial charge in [-0.15, -0.1) is 0 Å². The zero-order chi connectivity index (χ0) is 16.4. The Labute approximate surface area is 136 Å². The lowest BCUT2D eigenvalue weighted by Crippen LogP contribution is -2.39. The number of amides is 1. The fraction of sp³-hybridized carbons (Fsp3) is 0.316. The van der Waals surface area contributed by atoms with Crippen molar-refractivity contribution in [2.24, 2.45) is 0 Å². The predicted molar refractivity (Wildman–Crippen MR) is 89.8 cm³/mol. The lowest BCUT2D eigenvalue weighted by molar-refractivity contribution is -0.121. The standard InChI is InChI=1S/C19H21FN2O/c1-14-7-9-15(10-8-14)13-21(2)18-11-12-22(19(18)23)17-6-4-3-5-16(17)20/h3-10,18H,11-13H2,1-2H3. The number of carbonyl (C=O) groups excluding carboxylic acids is 1. The second kappa shape index (κ2) is 6.50. The van der Waals surface area contributed by atoms with E-state index in [1.165, 1.54) is 17.2 Å². The molecule has 0 aromatic heterocycles. The Morgan fingerprint density at radius 2 is 1.87 bits per heavy atom. The van der Waals surface area contributed by atoms with E-state index in [9.17, 15) is 9.18 Å². The van der Waals surface area contributed by atoms with Crippen LogP contribution in [0.5, 0.6) is 0 Å². The van der Waals surface area contributed by atoms with Gasteiger partial charge in [-0.25, -0.2) is 4.39 Å². The molecule has 0 radical (unpaired) electrons. The summed E-state index contributed by atoms with van der Waals surface area (Å²) in [6.07, 6.45) is 0.718. The van der Waals surface area contributed by atoms with Crippen molar-refractivity contribution in [2.75, 3.05) is 18.5 Å². The number of rotatable bonds is 4. The van der Waals surface area contributed by atoms with Crippen molar-refractivity contribution in [2.45, 2.75) is 25.9 Å². The van der Waals surface area contributed by atoms with Gasteiger partial charge in [0.2, 0.25) is 5.91 Å². The highest BCUT2D eigenvalue weighted by Gasteiger charge is 2.36. The summed E-state index contributed by atoms with van der Waals surface area (Å²) in [7, 11) is 1.95. The summed E-state index contributed by atoms with van der Waals surface area (Å²) >= 11 is 0. The average Bonchev–Trinajstić information content (AvgIpc) is 2.92. The fourth-order valence-electron chi connectivity index (χ4n) is 3.08. The van der Waals surface area contributed by atoms with Crippen molar-refractivity contribution >= 4 is 11.6 Å². The molecule has 3 nitrogen and oxygen atoms in total. The molecular formula is C19H21FN2O. The minimum atomic E-state index is -0.345. The lowest BCUT2D eigenvalue weighted by Gasteiger charge is -2.24. The Hall–Kier alpha value is -2.20. The minimum absolute atomic E-state index is 0.0234. The van der Waals surface area contributed by atoms with Crippen molar-refractivity contribution in [1.29, 1.82) is 0 Å². The van der Waals surface area contributed by atoms with Crippen molar-refractivity contribution in [3.63, 3.8) is 0 Å². The number of para-hydroxylation sites is 1. The number of benzene rings is 2. The highest BCUT2D eigenvalue weighted by Crippen LogP contribution is 2.26. The predicted octanol–water partition coefficient (Wildman–Crippen LogP) is 3.37. The van der Waals surface area contributed by atoms with Gasteiger partial charge in [-0.3, -0.25) is 9.69 Å². The number of likely N-dealkylation sites (N-methyl/N-ethyl adjacent to an activating group) is 1. The van der Waals surface area contributed by atoms with Crippen molar-refractivity contribution in [3.05, 3.63) is 65.5 Å². The summed E-state index contributed by atoms with van der Waals surface area (Å²) < 4.78 is 13.9. The van der Waals surface area contributed by atoms with Gasteiger partial charge < -0.3 is 4.90 Å². The SMILES string of the molecule is Cc1ccc(CN(C)C2CCN(c3ccccc3F)C2=O)cc1. The normalized spacial score (nSPS) is 18.0. The van der Waals surface area contributed by atoms with Crippen LogP contribution in [0.2, 0.25) is 0 Å². The molecule has 1 fully saturated rings. The van der Waals surface area contributed by atoms with E-state index < -0.39 is 0 Å². The van der Waals surface area contributed by atoms with Crippen LogP contribution in [-0.2, 0) is 11.3 Å². The molecular weight excluding hydrogens is 291 g/mol. The van der Waals surface area contributed by atoms with Crippen LogP contribution in [0.25, 0.3) is 0 Å². The zero-order valence-electron chi connectivity index (χ0n) is 13.5. The maximum Gasteiger partial charge on any atom is 0.244 e. The number of hydrogen-bond donors (Lipinski definition) is 0. The molecule has 2 aromatic rings. The Morgan fingerprint density at radius 3 is 2.57 bits per heavy atom. The van der Waals surface area contributed by atoms with Crippen LogP contribution in [0.4, 0.5) is 10.1 Å². The highest BCUT2D eigenvalue weighted by atomic mass is 19.1. The molecule has 1 heterocycles. The first-order chi connectivity index (χ1) is 11.1. The first kappa shape index (κ1) is 15.7. The van der Waals surface area contributed by atoms with Crippen molar-refractivity contribution < 1.29 is 9.18 Å². The van der Waals surface area contributed by atoms with Crippen LogP contribution in [0.1, 0.15) is 17.5 Å². The number of anilines is 1. The molecule has 1 amide bonds. The van der Waals surface area contributed by atoms with Gasteiger partial charge in [-0.05, 0) is 38.1 Å². The molecule has 0 aliphatic carbocycles. The van der Waals surface area contributed by atoms with E-state index in [1.54, 1.807) is 23.1 Å². The maximum absolute atomic E-state index is 13.9. The molecule has 23 heavy (non-hydrogen) atoms. The zero-order valence-corrected chi connectivity index (χ0v) is 13.5. The Morgan fingerprint density at radius 1 is 1.17 bits per heavy atom. The largest absolute Gasteiger partial charge is 0.308 e. The Kier molecular flexibility index (Phi) is 4.44. The highest BCUT2D eigenvalue weighted by molar-refractivity contribution is 5.99. The molecule has 1 saturated heterocycles. The monoisotopic (exact) mass is 312 g/mol. The van der Waals surface area contributed by atoms with Gasteiger partial charge in [0.1, 0.15) is 5.82 Å². The number of aryl methyl sites for hydroxylation is 1. The third-order valence-corrected chi connectivity index (χ3v) is 4.41. The quantitative estimate of drug-likeness (QED) is 0.864. The first-order valence-corrected chi connectivity index (χ1v) is 7.88. The van der Waals surface area contributed by atoms with Gasteiger partial charge in [0, 0.05) is 13.1 Å². The van der Waals surface area contributed by atoms with Crippen LogP contribution in [0, 0.1) is 12.7 Å². The van der Waals surface area contributed by atoms with E-state index in [-0.39, 0.29) is 17.8 Å². The average molecular weight is 312 g/mol. The molecule has 4 heteroatoms. The summed E-state index contributed by atoms with van der Waals surface area (Å²) in [5, 5.41) is 0. The molecule has 0 spiro atoms. The molecule has 0 N–H and O–H groups in total. The van der Waals surface area contributed by atoms with Crippen LogP contribution in [0.3, 0.4) is 0 Å². The summed E-state index contributed by atoms with van der Waals surface area (Å²) in [5.41, 5.74) is 2.78. The van der Waals surface area contributed by atoms with Gasteiger partial charge in [0.15, 0.2) is 0 Å². The molecule has 1 aliphatic rings. The third-order valence-electron chi connectivity index (χ3n) is 4.41. The summed E-state index contributed by atoms with van der Waals surface area (Å²) in [6, 6.07) is 14.6. The van der Waals surface area contributed by atoms with Crippen LogP contribution < -0.4 is 4.90 Å². The molecule has 3 rings (SSSR count). The molecule has 1 unspecified atom stereocenters. The van der Waals surface area contributed by atoms with E-state index in [0.29, 0.717) is 18.8 Å². The van der Waals surface area contributed by atoms with E-state index in [0.717, 1.165) is 6.42 Å². The summed E-state index contributed by atoms with van der Waals surface area (Å²) in [6.45, 7) is 3.32. The van der Waals surface area contributed by atoms with Crippen LogP contribution in [0.15, 0.2) is 48.5 Å². The van der Waals surface area contributed by atoms with Gasteiger partial charge >= 0.3 is 0 Å². The Bertz CT molecular complexity index is 699. The maximum atomic E-state index is 13.9. The molecule has 2 aromatic carbocycles. The van der Waals surface area contributed by atoms with Crippen LogP contribution >= 0.6 is 0 Å². The summed E-state index contributed by atoms with van der Waals surface area (Å²) in [5.74, 6) is -0.368. The number of hydrogen-bond acceptors (Lipinski definition) is 2. The van der Waals surface area contributed by atoms with Crippen molar-refractivity contribution in [3.8, 4) is 0 Å². The first-order valence-electron chi connectivity index (χ1n) is 7.88. The topological polar surface area (TPSA) is 23.6 Å². The smallest absolute Gasteiger partial charge is 0.244 e. The second-order valence-electron chi connectivity index (χ2n) is 6.15. The molecule has 1 atom stereocenters. The molecule has 0 saturated carbocycles. The third kappa shape index (κ3) is 3.27. The van der Waals surface area contributed by atoms with E-state index >= 15 is 0 Å². The Balaban J connectivity index is 1.71. The van der Waals surface area contributed by atoms with Crippen LogP contribution in [-0.4, -0.2) is 30.4 Å². The molecule has 120 valence electrons. The number of nitrogens with zero attached hydrogens (tertiary/aromatic N) is 2. The van der Waals surface area contributed by atoms with Gasteiger partial charge in [-0.2, -0.15) is 0 Å². The number of halogens is 1. The lowest BCUT2D eigenvalue weighted by atomic mass is 10.1. The van der Waals surface area contributed by atoms with E-state index in [2.05, 4.69) is 31.2 Å². The number of carbonyl (C=O) groups is 1. The van der Waals surface area contributed by atoms with Gasteiger partial charge in [0.25, 0.3) is 0 Å². The molecule has 1 aliphatic heterocycles. The van der Waals surface area contributed by atoms with E-state index in [4.69, 9.17) is 0 Å². The minimum Gasteiger partial charge on any atom is -0.308 e. The van der Waals surface area contributed by atoms with Gasteiger partial charge in [0.05, 0.1) is 11.7 Å².